The largest absolute Gasteiger partial charge is 0.379 e. The maximum atomic E-state index is 13.6. The van der Waals surface area contributed by atoms with E-state index in [2.05, 4.69) is 15.2 Å². The molecular weight excluding hydrogens is 315 g/mol. The fourth-order valence-corrected chi connectivity index (χ4v) is 2.99. The second-order valence-corrected chi connectivity index (χ2v) is 6.02. The lowest BCUT2D eigenvalue weighted by Crippen LogP contribution is -2.43. The molecule has 7 nitrogen and oxygen atoms in total. The van der Waals surface area contributed by atoms with E-state index in [4.69, 9.17) is 4.74 Å². The zero-order valence-corrected chi connectivity index (χ0v) is 13.4. The van der Waals surface area contributed by atoms with Crippen LogP contribution in [0.1, 0.15) is 16.8 Å². The molecule has 0 unspecified atom stereocenters. The van der Waals surface area contributed by atoms with Gasteiger partial charge in [0.1, 0.15) is 0 Å². The molecule has 24 heavy (non-hydrogen) atoms. The predicted octanol–water partition coefficient (Wildman–Crippen LogP) is -0.116. The lowest BCUT2D eigenvalue weighted by molar-refractivity contribution is -0.128. The van der Waals surface area contributed by atoms with Crippen molar-refractivity contribution in [1.82, 2.24) is 20.1 Å². The van der Waals surface area contributed by atoms with Gasteiger partial charge >= 0.3 is 0 Å². The van der Waals surface area contributed by atoms with Gasteiger partial charge in [-0.2, -0.15) is 0 Å². The van der Waals surface area contributed by atoms with Crippen LogP contribution in [0.3, 0.4) is 0 Å². The highest BCUT2D eigenvalue weighted by Crippen LogP contribution is 2.13. The third-order valence-electron chi connectivity index (χ3n) is 4.36. The van der Waals surface area contributed by atoms with Crippen LogP contribution >= 0.6 is 0 Å². The lowest BCUT2D eigenvalue weighted by Gasteiger charge is -2.28. The van der Waals surface area contributed by atoms with Gasteiger partial charge in [-0.05, 0) is 6.07 Å². The summed E-state index contributed by atoms with van der Waals surface area (Å²) < 4.78 is 18.9. The molecule has 2 aliphatic heterocycles. The number of hydrogen-bond acceptors (Lipinski definition) is 5. The van der Waals surface area contributed by atoms with Crippen LogP contribution in [-0.4, -0.2) is 78.6 Å². The number of hydrogen-bond donors (Lipinski definition) is 1. The summed E-state index contributed by atoms with van der Waals surface area (Å²) in [5, 5.41) is 2.73. The Morgan fingerprint density at radius 3 is 2.92 bits per heavy atom. The molecule has 0 spiro atoms. The van der Waals surface area contributed by atoms with Crippen LogP contribution in [0, 0.1) is 5.82 Å². The molecule has 0 bridgehead atoms. The van der Waals surface area contributed by atoms with Gasteiger partial charge in [0.25, 0.3) is 5.91 Å². The Morgan fingerprint density at radius 2 is 2.17 bits per heavy atom. The number of carbonyl (C=O) groups is 2. The molecule has 8 heteroatoms. The van der Waals surface area contributed by atoms with Crippen molar-refractivity contribution in [2.24, 2.45) is 0 Å². The van der Waals surface area contributed by atoms with Gasteiger partial charge in [-0.3, -0.25) is 19.5 Å². The monoisotopic (exact) mass is 336 g/mol. The maximum absolute atomic E-state index is 13.6. The Bertz CT molecular complexity index is 607. The topological polar surface area (TPSA) is 74.8 Å². The van der Waals surface area contributed by atoms with Crippen molar-refractivity contribution in [2.45, 2.75) is 12.5 Å². The van der Waals surface area contributed by atoms with Gasteiger partial charge in [-0.15, -0.1) is 0 Å². The van der Waals surface area contributed by atoms with Crippen LogP contribution < -0.4 is 5.32 Å². The number of pyridine rings is 1. The normalized spacial score (nSPS) is 22.0. The van der Waals surface area contributed by atoms with Crippen molar-refractivity contribution in [1.29, 1.82) is 0 Å². The smallest absolute Gasteiger partial charge is 0.254 e. The van der Waals surface area contributed by atoms with Crippen molar-refractivity contribution >= 4 is 11.8 Å². The first kappa shape index (κ1) is 16.8. The molecule has 2 aliphatic rings. The summed E-state index contributed by atoms with van der Waals surface area (Å²) in [7, 11) is 0. The van der Waals surface area contributed by atoms with Gasteiger partial charge in [-0.1, -0.05) is 0 Å². The van der Waals surface area contributed by atoms with Crippen LogP contribution in [0.25, 0.3) is 0 Å². The minimum atomic E-state index is -0.663. The van der Waals surface area contributed by atoms with E-state index in [1.807, 2.05) is 0 Å². The third-order valence-corrected chi connectivity index (χ3v) is 4.36. The Hall–Kier alpha value is -2.06. The SMILES string of the molecule is O=C(N[C@H]1CC(=O)N(CCN2CCOCC2)C1)c1ccncc1F. The van der Waals surface area contributed by atoms with Crippen molar-refractivity contribution in [3.8, 4) is 0 Å². The molecule has 130 valence electrons. The molecule has 2 saturated heterocycles. The van der Waals surface area contributed by atoms with E-state index in [1.165, 1.54) is 12.3 Å². The number of likely N-dealkylation sites (tertiary alicyclic amines) is 1. The molecule has 2 fully saturated rings. The standard InChI is InChI=1S/C16H21FN4O3/c17-14-10-18-2-1-13(14)16(23)19-12-9-15(22)21(11-12)4-3-20-5-7-24-8-6-20/h1-2,10,12H,3-9,11H2,(H,19,23)/t12-/m0/s1. The van der Waals surface area contributed by atoms with Crippen LogP contribution in [0.2, 0.25) is 0 Å². The molecule has 3 rings (SSSR count). The Morgan fingerprint density at radius 1 is 1.38 bits per heavy atom. The number of ether oxygens (including phenoxy) is 1. The van der Waals surface area contributed by atoms with E-state index < -0.39 is 11.7 Å². The number of halogens is 1. The number of aromatic nitrogens is 1. The van der Waals surface area contributed by atoms with Gasteiger partial charge < -0.3 is 15.0 Å². The number of nitrogens with zero attached hydrogens (tertiary/aromatic N) is 3. The molecule has 1 aromatic heterocycles. The number of carbonyl (C=O) groups excluding carboxylic acids is 2. The van der Waals surface area contributed by atoms with Crippen molar-refractivity contribution in [3.63, 3.8) is 0 Å². The average Bonchev–Trinajstić information content (AvgIpc) is 2.93. The van der Waals surface area contributed by atoms with E-state index >= 15 is 0 Å². The molecule has 1 atom stereocenters. The Labute approximate surface area is 139 Å². The number of rotatable bonds is 5. The van der Waals surface area contributed by atoms with E-state index in [0.29, 0.717) is 13.1 Å². The van der Waals surface area contributed by atoms with Gasteiger partial charge in [0, 0.05) is 45.3 Å². The van der Waals surface area contributed by atoms with Crippen molar-refractivity contribution < 1.29 is 18.7 Å². The summed E-state index contributed by atoms with van der Waals surface area (Å²) in [6.45, 7) is 5.10. The quantitative estimate of drug-likeness (QED) is 0.812. The summed E-state index contributed by atoms with van der Waals surface area (Å²) in [5.74, 6) is -1.16. The second-order valence-electron chi connectivity index (χ2n) is 6.02. The minimum absolute atomic E-state index is 0.0174. The van der Waals surface area contributed by atoms with Crippen LogP contribution in [0.15, 0.2) is 18.5 Å². The predicted molar refractivity (Wildman–Crippen MR) is 83.9 cm³/mol. The van der Waals surface area contributed by atoms with E-state index in [0.717, 1.165) is 39.0 Å². The molecule has 0 aliphatic carbocycles. The van der Waals surface area contributed by atoms with E-state index in [-0.39, 0.29) is 23.9 Å². The van der Waals surface area contributed by atoms with Crippen LogP contribution in [-0.2, 0) is 9.53 Å². The number of morpholine rings is 1. The van der Waals surface area contributed by atoms with Crippen molar-refractivity contribution in [3.05, 3.63) is 29.8 Å². The Kier molecular flexibility index (Phi) is 5.37. The molecule has 0 saturated carbocycles. The fourth-order valence-electron chi connectivity index (χ4n) is 2.99. The number of amides is 2. The zero-order chi connectivity index (χ0) is 16.9. The highest BCUT2D eigenvalue weighted by atomic mass is 19.1. The van der Waals surface area contributed by atoms with E-state index in [1.54, 1.807) is 4.90 Å². The Balaban J connectivity index is 1.49. The molecule has 1 aromatic rings. The first-order chi connectivity index (χ1) is 11.6. The molecule has 3 heterocycles. The summed E-state index contributed by atoms with van der Waals surface area (Å²) in [6.07, 6.45) is 2.62. The first-order valence-electron chi connectivity index (χ1n) is 8.12. The lowest BCUT2D eigenvalue weighted by atomic mass is 10.2. The molecular formula is C16H21FN4O3. The highest BCUT2D eigenvalue weighted by Gasteiger charge is 2.31. The second kappa shape index (κ2) is 7.67. The van der Waals surface area contributed by atoms with Gasteiger partial charge in [-0.25, -0.2) is 4.39 Å². The summed E-state index contributed by atoms with van der Waals surface area (Å²) in [5.41, 5.74) is -0.0517. The number of nitrogens with one attached hydrogen (secondary N) is 1. The molecule has 0 aromatic carbocycles. The average molecular weight is 336 g/mol. The van der Waals surface area contributed by atoms with Crippen LogP contribution in [0.4, 0.5) is 4.39 Å². The molecule has 2 amide bonds. The third kappa shape index (κ3) is 4.07. The minimum Gasteiger partial charge on any atom is -0.379 e. The fraction of sp³-hybridized carbons (Fsp3) is 0.562. The van der Waals surface area contributed by atoms with Crippen molar-refractivity contribution in [2.75, 3.05) is 45.9 Å². The first-order valence-corrected chi connectivity index (χ1v) is 8.12. The van der Waals surface area contributed by atoms with E-state index in [9.17, 15) is 14.0 Å². The highest BCUT2D eigenvalue weighted by molar-refractivity contribution is 5.95. The maximum Gasteiger partial charge on any atom is 0.254 e. The molecule has 1 N–H and O–H groups in total. The molecule has 0 radical (unpaired) electrons. The zero-order valence-electron chi connectivity index (χ0n) is 13.4. The van der Waals surface area contributed by atoms with Gasteiger partial charge in [0.2, 0.25) is 5.91 Å². The van der Waals surface area contributed by atoms with Gasteiger partial charge in [0.15, 0.2) is 5.82 Å². The summed E-state index contributed by atoms with van der Waals surface area (Å²) in [6, 6.07) is 1.04. The summed E-state index contributed by atoms with van der Waals surface area (Å²) in [4.78, 5) is 31.8. The van der Waals surface area contributed by atoms with Crippen LogP contribution in [0.5, 0.6) is 0 Å². The summed E-state index contributed by atoms with van der Waals surface area (Å²) >= 11 is 0. The van der Waals surface area contributed by atoms with Gasteiger partial charge in [0.05, 0.1) is 31.0 Å².